The lowest BCUT2D eigenvalue weighted by atomic mass is 10.2. The van der Waals surface area contributed by atoms with Crippen LogP contribution in [-0.4, -0.2) is 60.6 Å². The first-order chi connectivity index (χ1) is 16.8. The number of piperazine rings is 1. The van der Waals surface area contributed by atoms with Crippen molar-refractivity contribution in [3.8, 4) is 11.8 Å². The topological polar surface area (TPSA) is 132 Å². The molecular formula is C22H22F2N8O2S. The summed E-state index contributed by atoms with van der Waals surface area (Å²) in [6, 6.07) is 8.57. The third-order valence-electron chi connectivity index (χ3n) is 5.35. The number of anilines is 5. The van der Waals surface area contributed by atoms with Gasteiger partial charge in [-0.3, -0.25) is 4.79 Å². The van der Waals surface area contributed by atoms with E-state index in [0.717, 1.165) is 43.2 Å². The Morgan fingerprint density at radius 3 is 2.69 bits per heavy atom. The highest BCUT2D eigenvalue weighted by atomic mass is 32.1. The highest BCUT2D eigenvalue weighted by Crippen LogP contribution is 2.34. The van der Waals surface area contributed by atoms with Crippen molar-refractivity contribution in [2.45, 2.75) is 6.61 Å². The molecule has 1 amide bonds. The number of thiophene rings is 1. The monoisotopic (exact) mass is 500 g/mol. The first-order valence-corrected chi connectivity index (χ1v) is 11.4. The second-order valence-electron chi connectivity index (χ2n) is 7.69. The number of rotatable bonds is 8. The molecule has 13 heteroatoms. The van der Waals surface area contributed by atoms with Gasteiger partial charge < -0.3 is 30.9 Å². The highest BCUT2D eigenvalue weighted by molar-refractivity contribution is 7.12. The number of nitrogens with two attached hydrogens (primary N) is 1. The molecule has 0 saturated carbocycles. The molecule has 10 nitrogen and oxygen atoms in total. The number of halogens is 2. The molecule has 3 heterocycles. The van der Waals surface area contributed by atoms with Crippen molar-refractivity contribution >= 4 is 46.1 Å². The predicted octanol–water partition coefficient (Wildman–Crippen LogP) is 3.35. The number of hydrogen-bond donors (Lipinski definition) is 3. The molecular weight excluding hydrogens is 478 g/mol. The van der Waals surface area contributed by atoms with Crippen molar-refractivity contribution in [2.75, 3.05) is 48.8 Å². The maximum atomic E-state index is 13.2. The lowest BCUT2D eigenvalue weighted by Gasteiger charge is -2.34. The van der Waals surface area contributed by atoms with E-state index in [9.17, 15) is 18.8 Å². The zero-order chi connectivity index (χ0) is 24.9. The molecule has 0 bridgehead atoms. The Kier molecular flexibility index (Phi) is 7.23. The number of likely N-dealkylation sites (N-methyl/N-ethyl adjacent to an activating group) is 1. The fourth-order valence-electron chi connectivity index (χ4n) is 3.53. The van der Waals surface area contributed by atoms with Crippen LogP contribution in [0.2, 0.25) is 0 Å². The normalized spacial score (nSPS) is 14.0. The number of carbonyl (C=O) groups is 1. The van der Waals surface area contributed by atoms with Gasteiger partial charge in [-0.25, -0.2) is 4.98 Å². The summed E-state index contributed by atoms with van der Waals surface area (Å²) in [6.45, 7) is 0.230. The van der Waals surface area contributed by atoms with Gasteiger partial charge in [0.15, 0.2) is 11.6 Å². The number of nitriles is 1. The van der Waals surface area contributed by atoms with Gasteiger partial charge in [-0.2, -0.15) is 19.0 Å². The van der Waals surface area contributed by atoms with Crippen molar-refractivity contribution in [1.82, 2.24) is 14.9 Å². The van der Waals surface area contributed by atoms with Crippen LogP contribution in [0.15, 0.2) is 35.8 Å². The summed E-state index contributed by atoms with van der Waals surface area (Å²) < 4.78 is 31.1. The fourth-order valence-corrected chi connectivity index (χ4v) is 4.24. The molecule has 1 aromatic carbocycles. The number of nitrogens with zero attached hydrogens (tertiary/aromatic N) is 5. The third kappa shape index (κ3) is 5.73. The lowest BCUT2D eigenvalue weighted by Crippen LogP contribution is -2.44. The molecule has 182 valence electrons. The van der Waals surface area contributed by atoms with Crippen LogP contribution in [0.3, 0.4) is 0 Å². The van der Waals surface area contributed by atoms with E-state index in [1.165, 1.54) is 6.20 Å². The van der Waals surface area contributed by atoms with Crippen LogP contribution in [0.4, 0.5) is 37.6 Å². The van der Waals surface area contributed by atoms with E-state index in [2.05, 4.69) is 30.4 Å². The molecule has 0 aliphatic carbocycles. The molecule has 4 N–H and O–H groups in total. The van der Waals surface area contributed by atoms with Crippen molar-refractivity contribution < 1.29 is 18.3 Å². The second kappa shape index (κ2) is 10.5. The molecule has 0 radical (unpaired) electrons. The van der Waals surface area contributed by atoms with Gasteiger partial charge in [0.2, 0.25) is 5.95 Å². The number of hydrogen-bond acceptors (Lipinski definition) is 10. The minimum Gasteiger partial charge on any atom is -0.433 e. The van der Waals surface area contributed by atoms with Gasteiger partial charge in [0.1, 0.15) is 16.5 Å². The van der Waals surface area contributed by atoms with Crippen molar-refractivity contribution in [3.05, 3.63) is 46.3 Å². The molecule has 1 aliphatic rings. The summed E-state index contributed by atoms with van der Waals surface area (Å²) in [6.07, 6.45) is 1.28. The van der Waals surface area contributed by atoms with E-state index in [0.29, 0.717) is 5.69 Å². The fraction of sp³-hybridized carbons (Fsp3) is 0.273. The summed E-state index contributed by atoms with van der Waals surface area (Å²) in [5, 5.41) is 16.9. The standard InChI is InChI=1S/C22H22F2N8O2S/c1-31-5-7-32(8-6-31)14-2-3-15(17(10-14)34-21(23)24)29-22-27-12-13(11-25)20(30-22)28-16-4-9-35-18(16)19(26)33/h2-4,9-10,12,21H,5-8H2,1H3,(H2,26,33)(H2,27,28,29,30). The molecule has 0 atom stereocenters. The molecule has 1 saturated heterocycles. The zero-order valence-corrected chi connectivity index (χ0v) is 19.5. The molecule has 3 aromatic rings. The molecule has 1 aliphatic heterocycles. The van der Waals surface area contributed by atoms with Gasteiger partial charge >= 0.3 is 6.61 Å². The minimum absolute atomic E-state index is 0.0359. The number of aromatic nitrogens is 2. The Balaban J connectivity index is 1.61. The number of primary amides is 1. The number of alkyl halides is 2. The summed E-state index contributed by atoms with van der Waals surface area (Å²) in [5.41, 5.74) is 6.88. The van der Waals surface area contributed by atoms with Crippen molar-refractivity contribution in [3.63, 3.8) is 0 Å². The largest absolute Gasteiger partial charge is 0.433 e. The summed E-state index contributed by atoms with van der Waals surface area (Å²) in [7, 11) is 2.03. The van der Waals surface area contributed by atoms with E-state index in [1.54, 1.807) is 29.6 Å². The van der Waals surface area contributed by atoms with Crippen LogP contribution >= 0.6 is 11.3 Å². The Bertz CT molecular complexity index is 1250. The van der Waals surface area contributed by atoms with Crippen LogP contribution < -0.4 is 26.0 Å². The number of benzene rings is 1. The molecule has 1 fully saturated rings. The Labute approximate surface area is 203 Å². The van der Waals surface area contributed by atoms with E-state index in [-0.39, 0.29) is 33.6 Å². The minimum atomic E-state index is -3.02. The van der Waals surface area contributed by atoms with Gasteiger partial charge in [-0.05, 0) is 30.6 Å². The van der Waals surface area contributed by atoms with Crippen molar-refractivity contribution in [1.29, 1.82) is 5.26 Å². The molecule has 35 heavy (non-hydrogen) atoms. The van der Waals surface area contributed by atoms with E-state index in [4.69, 9.17) is 10.5 Å². The smallest absolute Gasteiger partial charge is 0.387 e. The van der Waals surface area contributed by atoms with E-state index in [1.807, 2.05) is 13.1 Å². The number of nitrogens with one attached hydrogen (secondary N) is 2. The number of ether oxygens (including phenoxy) is 1. The molecule has 0 unspecified atom stereocenters. The van der Waals surface area contributed by atoms with Gasteiger partial charge in [0.25, 0.3) is 5.91 Å². The quantitative estimate of drug-likeness (QED) is 0.426. The second-order valence-corrected chi connectivity index (χ2v) is 8.61. The van der Waals surface area contributed by atoms with Crippen LogP contribution in [0.25, 0.3) is 0 Å². The van der Waals surface area contributed by atoms with Crippen LogP contribution in [0.1, 0.15) is 15.2 Å². The Hall–Kier alpha value is -4.02. The summed E-state index contributed by atoms with van der Waals surface area (Å²) >= 11 is 1.14. The molecule has 2 aromatic heterocycles. The maximum absolute atomic E-state index is 13.2. The Morgan fingerprint density at radius 1 is 1.23 bits per heavy atom. The van der Waals surface area contributed by atoms with Gasteiger partial charge in [-0.1, -0.05) is 0 Å². The average Bonchev–Trinajstić information content (AvgIpc) is 3.29. The summed E-state index contributed by atoms with van der Waals surface area (Å²) in [5.74, 6) is -0.527. The van der Waals surface area contributed by atoms with Gasteiger partial charge in [-0.15, -0.1) is 11.3 Å². The first-order valence-electron chi connectivity index (χ1n) is 10.5. The zero-order valence-electron chi connectivity index (χ0n) is 18.7. The predicted molar refractivity (Wildman–Crippen MR) is 129 cm³/mol. The van der Waals surface area contributed by atoms with E-state index >= 15 is 0 Å². The SMILES string of the molecule is CN1CCN(c2ccc(Nc3ncc(C#N)c(Nc4ccsc4C(N)=O)n3)c(OC(F)F)c2)CC1. The summed E-state index contributed by atoms with van der Waals surface area (Å²) in [4.78, 5) is 24.6. The first kappa shape index (κ1) is 24.1. The van der Waals surface area contributed by atoms with Gasteiger partial charge in [0, 0.05) is 37.9 Å². The van der Waals surface area contributed by atoms with Crippen LogP contribution in [0, 0.1) is 11.3 Å². The Morgan fingerprint density at radius 2 is 2.00 bits per heavy atom. The van der Waals surface area contributed by atoms with Crippen LogP contribution in [-0.2, 0) is 0 Å². The lowest BCUT2D eigenvalue weighted by molar-refractivity contribution is -0.0493. The van der Waals surface area contributed by atoms with Crippen LogP contribution in [0.5, 0.6) is 5.75 Å². The third-order valence-corrected chi connectivity index (χ3v) is 6.28. The number of carbonyl (C=O) groups excluding carboxylic acids is 1. The number of amides is 1. The highest BCUT2D eigenvalue weighted by Gasteiger charge is 2.19. The van der Waals surface area contributed by atoms with E-state index < -0.39 is 12.5 Å². The van der Waals surface area contributed by atoms with Crippen molar-refractivity contribution in [2.24, 2.45) is 5.73 Å². The maximum Gasteiger partial charge on any atom is 0.387 e. The molecule has 4 rings (SSSR count). The average molecular weight is 501 g/mol. The van der Waals surface area contributed by atoms with Gasteiger partial charge in [0.05, 0.1) is 17.6 Å². The molecule has 0 spiro atoms.